The van der Waals surface area contributed by atoms with Crippen molar-refractivity contribution in [1.82, 2.24) is 5.32 Å². The number of benzene rings is 1. The SMILES string of the molecule is Cc1cc(/C(N)=N/O)ccc1CNC(C)(C)C. The minimum atomic E-state index is 0.0939. The Bertz CT molecular complexity index is 419. The van der Waals surface area contributed by atoms with Crippen molar-refractivity contribution < 1.29 is 5.21 Å². The van der Waals surface area contributed by atoms with Crippen molar-refractivity contribution >= 4 is 5.84 Å². The van der Waals surface area contributed by atoms with Crippen molar-refractivity contribution in [3.05, 3.63) is 34.9 Å². The largest absolute Gasteiger partial charge is 0.409 e. The van der Waals surface area contributed by atoms with Gasteiger partial charge < -0.3 is 16.3 Å². The number of nitrogens with two attached hydrogens (primary N) is 1. The van der Waals surface area contributed by atoms with E-state index in [9.17, 15) is 0 Å². The van der Waals surface area contributed by atoms with Gasteiger partial charge in [-0.1, -0.05) is 17.3 Å². The first kappa shape index (κ1) is 13.5. The standard InChI is InChI=1S/C13H21N3O/c1-9-7-10(12(14)16-17)5-6-11(9)8-15-13(2,3)4/h5-7,15,17H,8H2,1-4H3,(H2,14,16). The van der Waals surface area contributed by atoms with Crippen LogP contribution in [0.1, 0.15) is 37.5 Å². The van der Waals surface area contributed by atoms with E-state index in [1.165, 1.54) is 5.56 Å². The van der Waals surface area contributed by atoms with E-state index >= 15 is 0 Å². The van der Waals surface area contributed by atoms with Crippen LogP contribution in [-0.4, -0.2) is 16.6 Å². The third-order valence-electron chi connectivity index (χ3n) is 2.56. The maximum Gasteiger partial charge on any atom is 0.170 e. The second-order valence-corrected chi connectivity index (χ2v) is 5.23. The minimum absolute atomic E-state index is 0.0939. The van der Waals surface area contributed by atoms with Gasteiger partial charge in [0, 0.05) is 17.6 Å². The number of amidine groups is 1. The third kappa shape index (κ3) is 4.07. The fourth-order valence-electron chi connectivity index (χ4n) is 1.47. The summed E-state index contributed by atoms with van der Waals surface area (Å²) >= 11 is 0. The molecule has 0 aliphatic rings. The molecule has 1 rings (SSSR count). The van der Waals surface area contributed by atoms with Crippen molar-refractivity contribution in [2.45, 2.75) is 39.8 Å². The average Bonchev–Trinajstić information content (AvgIpc) is 2.25. The van der Waals surface area contributed by atoms with Gasteiger partial charge in [0.15, 0.2) is 5.84 Å². The topological polar surface area (TPSA) is 70.6 Å². The van der Waals surface area contributed by atoms with Crippen LogP contribution in [0, 0.1) is 6.92 Å². The minimum Gasteiger partial charge on any atom is -0.409 e. The lowest BCUT2D eigenvalue weighted by molar-refractivity contribution is 0.318. The highest BCUT2D eigenvalue weighted by atomic mass is 16.4. The van der Waals surface area contributed by atoms with Gasteiger partial charge in [0.05, 0.1) is 0 Å². The molecule has 0 aliphatic heterocycles. The van der Waals surface area contributed by atoms with Crippen molar-refractivity contribution in [2.24, 2.45) is 10.9 Å². The lowest BCUT2D eigenvalue weighted by Crippen LogP contribution is -2.35. The molecule has 17 heavy (non-hydrogen) atoms. The number of oxime groups is 1. The predicted octanol–water partition coefficient (Wildman–Crippen LogP) is 1.98. The van der Waals surface area contributed by atoms with Gasteiger partial charge in [0.2, 0.25) is 0 Å². The molecule has 1 aromatic rings. The molecular weight excluding hydrogens is 214 g/mol. The third-order valence-corrected chi connectivity index (χ3v) is 2.56. The Balaban J connectivity index is 2.84. The van der Waals surface area contributed by atoms with Gasteiger partial charge in [0.25, 0.3) is 0 Å². The van der Waals surface area contributed by atoms with E-state index in [1.54, 1.807) is 0 Å². The predicted molar refractivity (Wildman–Crippen MR) is 70.3 cm³/mol. The van der Waals surface area contributed by atoms with Gasteiger partial charge in [-0.2, -0.15) is 0 Å². The Morgan fingerprint density at radius 3 is 2.53 bits per heavy atom. The smallest absolute Gasteiger partial charge is 0.170 e. The van der Waals surface area contributed by atoms with Gasteiger partial charge in [-0.3, -0.25) is 0 Å². The molecule has 0 radical (unpaired) electrons. The maximum absolute atomic E-state index is 8.61. The molecular formula is C13H21N3O. The van der Waals surface area contributed by atoms with E-state index in [2.05, 4.69) is 31.2 Å². The maximum atomic E-state index is 8.61. The van der Waals surface area contributed by atoms with Gasteiger partial charge in [-0.15, -0.1) is 0 Å². The molecule has 0 heterocycles. The summed E-state index contributed by atoms with van der Waals surface area (Å²) in [5.74, 6) is 0.142. The molecule has 1 aromatic carbocycles. The first-order valence-corrected chi connectivity index (χ1v) is 5.66. The monoisotopic (exact) mass is 235 g/mol. The normalized spacial score (nSPS) is 12.8. The second kappa shape index (κ2) is 5.19. The fourth-order valence-corrected chi connectivity index (χ4v) is 1.47. The van der Waals surface area contributed by atoms with Crippen molar-refractivity contribution in [1.29, 1.82) is 0 Å². The molecule has 0 saturated carbocycles. The zero-order valence-electron chi connectivity index (χ0n) is 10.9. The number of aryl methyl sites for hydroxylation is 1. The molecule has 0 spiro atoms. The summed E-state index contributed by atoms with van der Waals surface area (Å²) in [5.41, 5.74) is 8.72. The van der Waals surface area contributed by atoms with Crippen LogP contribution in [0.15, 0.2) is 23.4 Å². The molecule has 4 heteroatoms. The van der Waals surface area contributed by atoms with Crippen LogP contribution >= 0.6 is 0 Å². The van der Waals surface area contributed by atoms with Gasteiger partial charge in [-0.25, -0.2) is 0 Å². The number of rotatable bonds is 3. The summed E-state index contributed by atoms with van der Waals surface area (Å²) < 4.78 is 0. The van der Waals surface area contributed by atoms with Crippen LogP contribution in [0.5, 0.6) is 0 Å². The summed E-state index contributed by atoms with van der Waals surface area (Å²) in [6.45, 7) is 9.23. The lowest BCUT2D eigenvalue weighted by Gasteiger charge is -2.21. The molecule has 94 valence electrons. The molecule has 4 N–H and O–H groups in total. The van der Waals surface area contributed by atoms with E-state index in [0.717, 1.165) is 17.7 Å². The van der Waals surface area contributed by atoms with E-state index in [1.807, 2.05) is 25.1 Å². The fraction of sp³-hybridized carbons (Fsp3) is 0.462. The highest BCUT2D eigenvalue weighted by Gasteiger charge is 2.10. The quantitative estimate of drug-likeness (QED) is 0.325. The van der Waals surface area contributed by atoms with Gasteiger partial charge in [-0.05, 0) is 44.9 Å². The van der Waals surface area contributed by atoms with Crippen LogP contribution in [0.3, 0.4) is 0 Å². The molecule has 0 aromatic heterocycles. The van der Waals surface area contributed by atoms with Crippen LogP contribution in [-0.2, 0) is 6.54 Å². The average molecular weight is 235 g/mol. The summed E-state index contributed by atoms with van der Waals surface area (Å²) in [6.07, 6.45) is 0. The molecule has 0 aliphatic carbocycles. The van der Waals surface area contributed by atoms with Crippen molar-refractivity contribution in [3.63, 3.8) is 0 Å². The van der Waals surface area contributed by atoms with Crippen LogP contribution in [0.25, 0.3) is 0 Å². The molecule has 0 amide bonds. The molecule has 0 atom stereocenters. The Labute approximate surface area is 103 Å². The van der Waals surface area contributed by atoms with Crippen LogP contribution < -0.4 is 11.1 Å². The van der Waals surface area contributed by atoms with Gasteiger partial charge >= 0.3 is 0 Å². The Morgan fingerprint density at radius 2 is 2.06 bits per heavy atom. The summed E-state index contributed by atoms with van der Waals surface area (Å²) in [7, 11) is 0. The Hall–Kier alpha value is -1.55. The molecule has 0 unspecified atom stereocenters. The van der Waals surface area contributed by atoms with E-state index in [0.29, 0.717) is 0 Å². The lowest BCUT2D eigenvalue weighted by atomic mass is 10.0. The molecule has 0 fully saturated rings. The molecule has 0 bridgehead atoms. The first-order chi connectivity index (χ1) is 7.83. The highest BCUT2D eigenvalue weighted by molar-refractivity contribution is 5.97. The molecule has 0 saturated heterocycles. The Morgan fingerprint density at radius 1 is 1.41 bits per heavy atom. The zero-order chi connectivity index (χ0) is 13.1. The zero-order valence-corrected chi connectivity index (χ0v) is 10.9. The van der Waals surface area contributed by atoms with Crippen LogP contribution in [0.4, 0.5) is 0 Å². The highest BCUT2D eigenvalue weighted by Crippen LogP contribution is 2.12. The summed E-state index contributed by atoms with van der Waals surface area (Å²) in [4.78, 5) is 0. The van der Waals surface area contributed by atoms with Gasteiger partial charge in [0.1, 0.15) is 0 Å². The number of nitrogens with one attached hydrogen (secondary N) is 1. The number of nitrogens with zero attached hydrogens (tertiary/aromatic N) is 1. The van der Waals surface area contributed by atoms with E-state index in [-0.39, 0.29) is 11.4 Å². The first-order valence-electron chi connectivity index (χ1n) is 5.66. The number of hydrogen-bond donors (Lipinski definition) is 3. The van der Waals surface area contributed by atoms with Crippen molar-refractivity contribution in [3.8, 4) is 0 Å². The van der Waals surface area contributed by atoms with E-state index in [4.69, 9.17) is 10.9 Å². The molecule has 4 nitrogen and oxygen atoms in total. The van der Waals surface area contributed by atoms with Crippen LogP contribution in [0.2, 0.25) is 0 Å². The summed E-state index contributed by atoms with van der Waals surface area (Å²) in [5, 5.41) is 15.0. The summed E-state index contributed by atoms with van der Waals surface area (Å²) in [6, 6.07) is 5.79. The number of hydrogen-bond acceptors (Lipinski definition) is 3. The van der Waals surface area contributed by atoms with E-state index < -0.39 is 0 Å². The Kier molecular flexibility index (Phi) is 4.12. The second-order valence-electron chi connectivity index (χ2n) is 5.23. The van der Waals surface area contributed by atoms with Crippen molar-refractivity contribution in [2.75, 3.05) is 0 Å².